The van der Waals surface area contributed by atoms with Crippen LogP contribution in [0.2, 0.25) is 0 Å². The zero-order valence-electron chi connectivity index (χ0n) is 11.2. The Morgan fingerprint density at radius 1 is 1.16 bits per heavy atom. The number of carbonyl (C=O) groups is 2. The molecule has 0 amide bonds. The molecule has 6 heteroatoms. The molecular formula is C13H18O6. The minimum Gasteiger partial charge on any atom is -0.511 e. The van der Waals surface area contributed by atoms with Crippen molar-refractivity contribution in [1.82, 2.24) is 0 Å². The third kappa shape index (κ3) is 3.07. The summed E-state index contributed by atoms with van der Waals surface area (Å²) in [5, 5.41) is 19.8. The molecule has 0 aromatic carbocycles. The van der Waals surface area contributed by atoms with Gasteiger partial charge in [0.2, 0.25) is 0 Å². The van der Waals surface area contributed by atoms with E-state index in [9.17, 15) is 19.8 Å². The van der Waals surface area contributed by atoms with Gasteiger partial charge >= 0.3 is 11.9 Å². The van der Waals surface area contributed by atoms with Gasteiger partial charge in [0.15, 0.2) is 0 Å². The van der Waals surface area contributed by atoms with Crippen molar-refractivity contribution in [2.45, 2.75) is 27.2 Å². The van der Waals surface area contributed by atoms with E-state index in [0.717, 1.165) is 0 Å². The first-order chi connectivity index (χ1) is 8.93. The molecule has 0 aromatic rings. The Bertz CT molecular complexity index is 446. The molecule has 0 bridgehead atoms. The number of hydrogen-bond acceptors (Lipinski definition) is 6. The topological polar surface area (TPSA) is 93.1 Å². The maximum Gasteiger partial charge on any atom is 0.338 e. The molecule has 2 N–H and O–H groups in total. The Morgan fingerprint density at radius 3 is 2.21 bits per heavy atom. The minimum absolute atomic E-state index is 0.0209. The first-order valence-corrected chi connectivity index (χ1v) is 6.12. The summed E-state index contributed by atoms with van der Waals surface area (Å²) in [7, 11) is 0. The van der Waals surface area contributed by atoms with Crippen molar-refractivity contribution in [1.29, 1.82) is 0 Å². The molecule has 1 rings (SSSR count). The Morgan fingerprint density at radius 2 is 1.68 bits per heavy atom. The molecule has 1 atom stereocenters. The van der Waals surface area contributed by atoms with Crippen LogP contribution in [0.4, 0.5) is 0 Å². The molecule has 0 saturated heterocycles. The Kier molecular flexibility index (Phi) is 4.97. The van der Waals surface area contributed by atoms with Gasteiger partial charge in [-0.15, -0.1) is 0 Å². The fourth-order valence-electron chi connectivity index (χ4n) is 1.90. The largest absolute Gasteiger partial charge is 0.511 e. The van der Waals surface area contributed by atoms with E-state index in [1.54, 1.807) is 13.8 Å². The summed E-state index contributed by atoms with van der Waals surface area (Å²) in [6, 6.07) is 0. The lowest BCUT2D eigenvalue weighted by atomic mass is 9.87. The summed E-state index contributed by atoms with van der Waals surface area (Å²) in [6.07, 6.45) is -0.233. The van der Waals surface area contributed by atoms with Crippen LogP contribution in [0.1, 0.15) is 27.2 Å². The number of hydrogen-bond donors (Lipinski definition) is 2. The number of aliphatic hydroxyl groups excluding tert-OH is 2. The lowest BCUT2D eigenvalue weighted by Crippen LogP contribution is -2.25. The van der Waals surface area contributed by atoms with Gasteiger partial charge in [0.1, 0.15) is 11.5 Å². The van der Waals surface area contributed by atoms with Crippen molar-refractivity contribution in [2.24, 2.45) is 5.92 Å². The van der Waals surface area contributed by atoms with Gasteiger partial charge in [0.25, 0.3) is 0 Å². The van der Waals surface area contributed by atoms with Gasteiger partial charge in [0, 0.05) is 12.3 Å². The quantitative estimate of drug-likeness (QED) is 0.756. The number of aliphatic hydroxyl groups is 2. The van der Waals surface area contributed by atoms with Crippen LogP contribution in [0.5, 0.6) is 0 Å². The maximum atomic E-state index is 11.7. The standard InChI is InChI=1S/C13H18O6/c1-4-18-12(16)8-6-9(14)10(7(3)11(8)15)13(17)19-5-2/h7,14-15H,4-6H2,1-3H3. The Balaban J connectivity index is 3.03. The first-order valence-electron chi connectivity index (χ1n) is 6.12. The van der Waals surface area contributed by atoms with Crippen molar-refractivity contribution in [2.75, 3.05) is 13.2 Å². The van der Waals surface area contributed by atoms with E-state index in [1.165, 1.54) is 6.92 Å². The van der Waals surface area contributed by atoms with Gasteiger partial charge in [-0.25, -0.2) is 9.59 Å². The van der Waals surface area contributed by atoms with Gasteiger partial charge in [-0.2, -0.15) is 0 Å². The maximum absolute atomic E-state index is 11.7. The number of allylic oxidation sites excluding steroid dienone is 2. The van der Waals surface area contributed by atoms with Crippen LogP contribution < -0.4 is 0 Å². The van der Waals surface area contributed by atoms with E-state index in [2.05, 4.69) is 0 Å². The monoisotopic (exact) mass is 270 g/mol. The van der Waals surface area contributed by atoms with E-state index in [-0.39, 0.29) is 42.3 Å². The average Bonchev–Trinajstić information content (AvgIpc) is 2.34. The third-order valence-corrected chi connectivity index (χ3v) is 2.82. The summed E-state index contributed by atoms with van der Waals surface area (Å²) in [5.74, 6) is -2.72. The highest BCUT2D eigenvalue weighted by Gasteiger charge is 2.35. The van der Waals surface area contributed by atoms with Gasteiger partial charge in [-0.05, 0) is 13.8 Å². The zero-order chi connectivity index (χ0) is 14.6. The van der Waals surface area contributed by atoms with E-state index in [4.69, 9.17) is 9.47 Å². The van der Waals surface area contributed by atoms with Crippen LogP contribution in [0.3, 0.4) is 0 Å². The predicted octanol–water partition coefficient (Wildman–Crippen LogP) is 1.78. The first kappa shape index (κ1) is 15.1. The summed E-state index contributed by atoms with van der Waals surface area (Å²) in [5.41, 5.74) is -0.0488. The van der Waals surface area contributed by atoms with Crippen molar-refractivity contribution in [3.8, 4) is 0 Å². The molecule has 0 spiro atoms. The highest BCUT2D eigenvalue weighted by molar-refractivity contribution is 5.95. The summed E-state index contributed by atoms with van der Waals surface area (Å²) >= 11 is 0. The molecule has 0 fully saturated rings. The average molecular weight is 270 g/mol. The Hall–Kier alpha value is -1.98. The molecule has 1 aliphatic rings. The van der Waals surface area contributed by atoms with Crippen molar-refractivity contribution in [3.05, 3.63) is 22.7 Å². The molecule has 0 heterocycles. The van der Waals surface area contributed by atoms with Crippen LogP contribution in [0.15, 0.2) is 22.7 Å². The fourth-order valence-corrected chi connectivity index (χ4v) is 1.90. The van der Waals surface area contributed by atoms with Crippen molar-refractivity contribution >= 4 is 11.9 Å². The van der Waals surface area contributed by atoms with E-state index in [0.29, 0.717) is 0 Å². The van der Waals surface area contributed by atoms with Crippen LogP contribution in [0, 0.1) is 5.92 Å². The zero-order valence-corrected chi connectivity index (χ0v) is 11.2. The normalized spacial score (nSPS) is 19.4. The second-order valence-electron chi connectivity index (χ2n) is 4.06. The molecular weight excluding hydrogens is 252 g/mol. The highest BCUT2D eigenvalue weighted by Crippen LogP contribution is 2.33. The SMILES string of the molecule is CCOC(=O)C1=C(O)C(C)C(C(=O)OCC)=C(O)C1. The lowest BCUT2D eigenvalue weighted by molar-refractivity contribution is -0.141. The van der Waals surface area contributed by atoms with Crippen LogP contribution >= 0.6 is 0 Å². The van der Waals surface area contributed by atoms with E-state index in [1.807, 2.05) is 0 Å². The molecule has 1 unspecified atom stereocenters. The minimum atomic E-state index is -0.799. The molecule has 6 nitrogen and oxygen atoms in total. The molecule has 0 aliphatic heterocycles. The summed E-state index contributed by atoms with van der Waals surface area (Å²) < 4.78 is 9.59. The van der Waals surface area contributed by atoms with Gasteiger partial charge < -0.3 is 19.7 Å². The van der Waals surface area contributed by atoms with E-state index >= 15 is 0 Å². The van der Waals surface area contributed by atoms with Crippen molar-refractivity contribution < 1.29 is 29.3 Å². The van der Waals surface area contributed by atoms with Gasteiger partial charge in [-0.3, -0.25) is 0 Å². The van der Waals surface area contributed by atoms with Crippen LogP contribution in [-0.2, 0) is 19.1 Å². The summed E-state index contributed by atoms with van der Waals surface area (Å²) in [4.78, 5) is 23.3. The third-order valence-electron chi connectivity index (χ3n) is 2.82. The second kappa shape index (κ2) is 6.26. The predicted molar refractivity (Wildman–Crippen MR) is 66.4 cm³/mol. The molecule has 0 saturated carbocycles. The van der Waals surface area contributed by atoms with Gasteiger partial charge in [-0.1, -0.05) is 6.92 Å². The number of carbonyl (C=O) groups excluding carboxylic acids is 2. The lowest BCUT2D eigenvalue weighted by Gasteiger charge is -2.23. The number of esters is 2. The number of ether oxygens (including phenoxy) is 2. The summed E-state index contributed by atoms with van der Waals surface area (Å²) in [6.45, 7) is 5.12. The molecule has 19 heavy (non-hydrogen) atoms. The second-order valence-corrected chi connectivity index (χ2v) is 4.06. The smallest absolute Gasteiger partial charge is 0.338 e. The highest BCUT2D eigenvalue weighted by atomic mass is 16.5. The molecule has 106 valence electrons. The van der Waals surface area contributed by atoms with E-state index < -0.39 is 17.9 Å². The Labute approximate surface area is 111 Å². The molecule has 0 radical (unpaired) electrons. The van der Waals surface area contributed by atoms with Gasteiger partial charge in [0.05, 0.1) is 24.4 Å². The van der Waals surface area contributed by atoms with Crippen molar-refractivity contribution in [3.63, 3.8) is 0 Å². The van der Waals surface area contributed by atoms with Crippen LogP contribution in [-0.4, -0.2) is 35.4 Å². The molecule has 1 aliphatic carbocycles. The molecule has 0 aromatic heterocycles. The fraction of sp³-hybridized carbons (Fsp3) is 0.538. The van der Waals surface area contributed by atoms with Crippen LogP contribution in [0.25, 0.3) is 0 Å². The number of rotatable bonds is 4.